The van der Waals surface area contributed by atoms with Crippen molar-refractivity contribution >= 4 is 22.9 Å². The minimum absolute atomic E-state index is 0.0186. The predicted molar refractivity (Wildman–Crippen MR) is 60.8 cm³/mol. The molecule has 0 aliphatic carbocycles. The molecule has 1 unspecified atom stereocenters. The summed E-state index contributed by atoms with van der Waals surface area (Å²) in [5.41, 5.74) is 0. The van der Waals surface area contributed by atoms with Crippen molar-refractivity contribution in [3.63, 3.8) is 0 Å². The fourth-order valence-electron chi connectivity index (χ4n) is 1.45. The van der Waals surface area contributed by atoms with Gasteiger partial charge in [-0.05, 0) is 30.9 Å². The molecular weight excluding hydrogens is 214 g/mol. The molecule has 15 heavy (non-hydrogen) atoms. The lowest BCUT2D eigenvalue weighted by atomic mass is 10.0. The third-order valence-electron chi connectivity index (χ3n) is 2.29. The van der Waals surface area contributed by atoms with Gasteiger partial charge in [-0.1, -0.05) is 26.2 Å². The van der Waals surface area contributed by atoms with Crippen molar-refractivity contribution in [2.75, 3.05) is 0 Å². The number of hydrogen-bond donors (Lipinski definition) is 0. The summed E-state index contributed by atoms with van der Waals surface area (Å²) in [6.45, 7) is 2.13. The summed E-state index contributed by atoms with van der Waals surface area (Å²) in [4.78, 5) is 24.4. The van der Waals surface area contributed by atoms with Gasteiger partial charge in [0.2, 0.25) is 11.3 Å². The zero-order valence-electron chi connectivity index (χ0n) is 9.17. The van der Waals surface area contributed by atoms with E-state index in [-0.39, 0.29) is 11.3 Å². The van der Waals surface area contributed by atoms with Crippen molar-refractivity contribution < 1.29 is 9.59 Å². The van der Waals surface area contributed by atoms with Crippen molar-refractivity contribution in [2.45, 2.75) is 57.9 Å². The quantitative estimate of drug-likeness (QED) is 0.265. The summed E-state index contributed by atoms with van der Waals surface area (Å²) in [5, 5.41) is -0.322. The smallest absolute Gasteiger partial charge is 0.235 e. The molecule has 0 aliphatic rings. The molecule has 1 atom stereocenters. The number of halogens is 1. The Morgan fingerprint density at radius 3 is 2.53 bits per heavy atom. The molecule has 0 saturated carbocycles. The van der Waals surface area contributed by atoms with Gasteiger partial charge in [0, 0.05) is 6.42 Å². The van der Waals surface area contributed by atoms with Crippen LogP contribution < -0.4 is 0 Å². The van der Waals surface area contributed by atoms with Crippen LogP contribution in [-0.2, 0) is 9.59 Å². The van der Waals surface area contributed by atoms with Crippen LogP contribution in [0, 0.1) is 0 Å². The molecule has 0 fully saturated rings. The van der Waals surface area contributed by atoms with Gasteiger partial charge in [-0.3, -0.25) is 4.79 Å². The molecule has 0 aliphatic heterocycles. The summed E-state index contributed by atoms with van der Waals surface area (Å²) in [5.74, 6) is 0. The van der Waals surface area contributed by atoms with Crippen molar-refractivity contribution in [3.8, 4) is 0 Å². The molecule has 0 aromatic carbocycles. The normalized spacial score (nSPS) is 11.9. The molecule has 0 aromatic heterocycles. The minimum atomic E-state index is -0.322. The molecule has 4 heteroatoms. The van der Waals surface area contributed by atoms with Gasteiger partial charge >= 0.3 is 0 Å². The van der Waals surface area contributed by atoms with Gasteiger partial charge in [-0.2, -0.15) is 0 Å². The zero-order chi connectivity index (χ0) is 11.5. The van der Waals surface area contributed by atoms with Gasteiger partial charge in [-0.15, -0.1) is 0 Å². The predicted octanol–water partition coefficient (Wildman–Crippen LogP) is 3.21. The number of nitrogens with zero attached hydrogens (tertiary/aromatic N) is 1. The molecule has 0 heterocycles. The topological polar surface area (TPSA) is 46.5 Å². The minimum Gasteiger partial charge on any atom is -0.281 e. The zero-order valence-corrected chi connectivity index (χ0v) is 9.92. The molecule has 0 spiro atoms. The number of unbranched alkanes of at least 4 members (excludes halogenated alkanes) is 2. The SMILES string of the molecule is CCCCCC(CCCC(=O)Cl)N=C=O. The third-order valence-corrected chi connectivity index (χ3v) is 2.48. The standard InChI is InChI=1S/C11H18ClNO2/c1-2-3-4-6-10(13-9-14)7-5-8-11(12)15/h10H,2-8H2,1H3. The lowest BCUT2D eigenvalue weighted by molar-refractivity contribution is -0.111. The maximum absolute atomic E-state index is 10.5. The van der Waals surface area contributed by atoms with Crippen LogP contribution in [-0.4, -0.2) is 17.4 Å². The fourth-order valence-corrected chi connectivity index (χ4v) is 1.59. The van der Waals surface area contributed by atoms with Gasteiger partial charge in [0.15, 0.2) is 0 Å². The van der Waals surface area contributed by atoms with E-state index >= 15 is 0 Å². The van der Waals surface area contributed by atoms with E-state index in [1.807, 2.05) is 0 Å². The Labute approximate surface area is 95.9 Å². The largest absolute Gasteiger partial charge is 0.281 e. The molecule has 86 valence electrons. The monoisotopic (exact) mass is 231 g/mol. The van der Waals surface area contributed by atoms with Crippen LogP contribution in [0.15, 0.2) is 4.99 Å². The Hall–Kier alpha value is -0.660. The number of isocyanates is 1. The molecule has 0 radical (unpaired) electrons. The fraction of sp³-hybridized carbons (Fsp3) is 0.818. The van der Waals surface area contributed by atoms with E-state index in [0.29, 0.717) is 12.8 Å². The van der Waals surface area contributed by atoms with E-state index in [1.54, 1.807) is 6.08 Å². The molecule has 0 bridgehead atoms. The van der Waals surface area contributed by atoms with E-state index < -0.39 is 0 Å². The molecule has 0 N–H and O–H groups in total. The Morgan fingerprint density at radius 2 is 2.00 bits per heavy atom. The number of rotatable bonds is 9. The van der Waals surface area contributed by atoms with Gasteiger partial charge in [0.25, 0.3) is 0 Å². The highest BCUT2D eigenvalue weighted by atomic mass is 35.5. The highest BCUT2D eigenvalue weighted by molar-refractivity contribution is 6.63. The average Bonchev–Trinajstić information content (AvgIpc) is 2.17. The molecule has 0 saturated heterocycles. The van der Waals surface area contributed by atoms with Crippen LogP contribution in [0.25, 0.3) is 0 Å². The lowest BCUT2D eigenvalue weighted by Crippen LogP contribution is -2.05. The Bertz CT molecular complexity index is 225. The first-order chi connectivity index (χ1) is 7.20. The van der Waals surface area contributed by atoms with Crippen LogP contribution in [0.3, 0.4) is 0 Å². The average molecular weight is 232 g/mol. The summed E-state index contributed by atoms with van der Waals surface area (Å²) in [6, 6.07) is 0.0186. The first-order valence-corrected chi connectivity index (χ1v) is 5.83. The maximum atomic E-state index is 10.5. The maximum Gasteiger partial charge on any atom is 0.235 e. The van der Waals surface area contributed by atoms with Crippen molar-refractivity contribution in [3.05, 3.63) is 0 Å². The summed E-state index contributed by atoms with van der Waals surface area (Å²) in [7, 11) is 0. The second-order valence-electron chi connectivity index (χ2n) is 3.62. The van der Waals surface area contributed by atoms with Crippen molar-refractivity contribution in [2.24, 2.45) is 4.99 Å². The first-order valence-electron chi connectivity index (χ1n) is 5.46. The second kappa shape index (κ2) is 9.88. The van der Waals surface area contributed by atoms with Gasteiger partial charge in [0.1, 0.15) is 0 Å². The number of aliphatic imine (C=N–C) groups is 1. The second-order valence-corrected chi connectivity index (χ2v) is 4.04. The highest BCUT2D eigenvalue weighted by Crippen LogP contribution is 2.13. The molecule has 0 rings (SSSR count). The first kappa shape index (κ1) is 14.3. The van der Waals surface area contributed by atoms with Crippen LogP contribution in [0.1, 0.15) is 51.9 Å². The highest BCUT2D eigenvalue weighted by Gasteiger charge is 2.07. The lowest BCUT2D eigenvalue weighted by Gasteiger charge is -2.08. The van der Waals surface area contributed by atoms with Gasteiger partial charge in [-0.25, -0.2) is 9.79 Å². The number of carbonyl (C=O) groups is 1. The van der Waals surface area contributed by atoms with Gasteiger partial charge in [0.05, 0.1) is 6.04 Å². The molecular formula is C11H18ClNO2. The number of hydrogen-bond acceptors (Lipinski definition) is 3. The number of carbonyl (C=O) groups excluding carboxylic acids is 2. The summed E-state index contributed by atoms with van der Waals surface area (Å²) >= 11 is 5.22. The molecule has 3 nitrogen and oxygen atoms in total. The van der Waals surface area contributed by atoms with E-state index in [9.17, 15) is 9.59 Å². The Kier molecular flexibility index (Phi) is 9.44. The molecule has 0 amide bonds. The van der Waals surface area contributed by atoms with Crippen LogP contribution in [0.2, 0.25) is 0 Å². The van der Waals surface area contributed by atoms with E-state index in [2.05, 4.69) is 11.9 Å². The van der Waals surface area contributed by atoms with Crippen molar-refractivity contribution in [1.29, 1.82) is 0 Å². The Balaban J connectivity index is 3.72. The van der Waals surface area contributed by atoms with Crippen LogP contribution in [0.5, 0.6) is 0 Å². The van der Waals surface area contributed by atoms with E-state index in [0.717, 1.165) is 32.1 Å². The Morgan fingerprint density at radius 1 is 1.33 bits per heavy atom. The summed E-state index contributed by atoms with van der Waals surface area (Å²) in [6.07, 6.45) is 7.67. The van der Waals surface area contributed by atoms with Gasteiger partial charge < -0.3 is 0 Å². The molecule has 0 aromatic rings. The van der Waals surface area contributed by atoms with E-state index in [4.69, 9.17) is 11.6 Å². The van der Waals surface area contributed by atoms with Crippen molar-refractivity contribution in [1.82, 2.24) is 0 Å². The van der Waals surface area contributed by atoms with Crippen LogP contribution >= 0.6 is 11.6 Å². The third kappa shape index (κ3) is 9.64. The summed E-state index contributed by atoms with van der Waals surface area (Å²) < 4.78 is 0. The van der Waals surface area contributed by atoms with Crippen LogP contribution in [0.4, 0.5) is 0 Å². The van der Waals surface area contributed by atoms with E-state index in [1.165, 1.54) is 0 Å².